The van der Waals surface area contributed by atoms with Crippen LogP contribution in [0.5, 0.6) is 0 Å². The molecule has 2 aromatic rings. The van der Waals surface area contributed by atoms with E-state index in [4.69, 9.17) is 5.73 Å². The van der Waals surface area contributed by atoms with Gasteiger partial charge in [-0.1, -0.05) is 74.5 Å². The van der Waals surface area contributed by atoms with Crippen LogP contribution < -0.4 is 21.7 Å². The molecule has 194 valence electrons. The van der Waals surface area contributed by atoms with Crippen molar-refractivity contribution in [2.24, 2.45) is 11.7 Å². The van der Waals surface area contributed by atoms with Crippen molar-refractivity contribution >= 4 is 23.6 Å². The second kappa shape index (κ2) is 15.3. The Bertz CT molecular complexity index is 980. The fraction of sp³-hybridized carbons (Fsp3) is 0.429. The molecule has 4 amide bonds. The Kier molecular flexibility index (Phi) is 12.2. The fourth-order valence-electron chi connectivity index (χ4n) is 3.84. The predicted molar refractivity (Wildman–Crippen MR) is 140 cm³/mol. The van der Waals surface area contributed by atoms with E-state index < -0.39 is 29.8 Å². The maximum Gasteiger partial charge on any atom is 0.243 e. The number of nitrogens with one attached hydrogen (secondary N) is 3. The van der Waals surface area contributed by atoms with Crippen LogP contribution in [-0.4, -0.2) is 42.3 Å². The highest BCUT2D eigenvalue weighted by molar-refractivity contribution is 5.92. The summed E-state index contributed by atoms with van der Waals surface area (Å²) in [6, 6.07) is 17.8. The molecule has 0 heterocycles. The van der Waals surface area contributed by atoms with E-state index in [9.17, 15) is 19.2 Å². The Hall–Kier alpha value is -3.68. The number of unbranched alkanes of at least 4 members (excludes halogenated alkanes) is 1. The lowest BCUT2D eigenvalue weighted by Gasteiger charge is -2.20. The van der Waals surface area contributed by atoms with E-state index in [1.165, 1.54) is 5.56 Å². The van der Waals surface area contributed by atoms with Gasteiger partial charge >= 0.3 is 0 Å². The third-order valence-electron chi connectivity index (χ3n) is 5.71. The van der Waals surface area contributed by atoms with Crippen LogP contribution in [0.2, 0.25) is 0 Å². The van der Waals surface area contributed by atoms with Gasteiger partial charge in [-0.15, -0.1) is 0 Å². The Morgan fingerprint density at radius 2 is 1.36 bits per heavy atom. The minimum atomic E-state index is -0.829. The number of benzene rings is 2. The molecule has 2 atom stereocenters. The summed E-state index contributed by atoms with van der Waals surface area (Å²) in [5.74, 6) is -1.65. The summed E-state index contributed by atoms with van der Waals surface area (Å²) in [6.45, 7) is 3.52. The van der Waals surface area contributed by atoms with Crippen LogP contribution in [0, 0.1) is 5.92 Å². The molecule has 36 heavy (non-hydrogen) atoms. The van der Waals surface area contributed by atoms with Crippen molar-refractivity contribution < 1.29 is 19.2 Å². The second-order valence-corrected chi connectivity index (χ2v) is 9.37. The van der Waals surface area contributed by atoms with Crippen molar-refractivity contribution in [2.45, 2.75) is 64.5 Å². The summed E-state index contributed by atoms with van der Waals surface area (Å²) in [4.78, 5) is 49.4. The zero-order chi connectivity index (χ0) is 26.3. The SMILES string of the molecule is CC(C)C[C@H](NC(=O)CNC(=O)[C@H](Cc1ccccc1)NC(=O)CCCCc1ccccc1)C(N)=O. The van der Waals surface area contributed by atoms with E-state index in [0.717, 1.165) is 18.4 Å². The topological polar surface area (TPSA) is 130 Å². The van der Waals surface area contributed by atoms with Gasteiger partial charge in [0.1, 0.15) is 12.1 Å². The second-order valence-electron chi connectivity index (χ2n) is 9.37. The number of amides is 4. The Labute approximate surface area is 213 Å². The molecule has 0 bridgehead atoms. The van der Waals surface area contributed by atoms with Gasteiger partial charge in [-0.05, 0) is 42.7 Å². The summed E-state index contributed by atoms with van der Waals surface area (Å²) in [7, 11) is 0. The van der Waals surface area contributed by atoms with E-state index in [2.05, 4.69) is 28.1 Å². The molecule has 8 nitrogen and oxygen atoms in total. The predicted octanol–water partition coefficient (Wildman–Crippen LogP) is 2.26. The highest BCUT2D eigenvalue weighted by atomic mass is 16.2. The van der Waals surface area contributed by atoms with Gasteiger partial charge in [0.15, 0.2) is 0 Å². The average Bonchev–Trinajstić information content (AvgIpc) is 2.85. The van der Waals surface area contributed by atoms with Crippen molar-refractivity contribution in [2.75, 3.05) is 6.54 Å². The highest BCUT2D eigenvalue weighted by Crippen LogP contribution is 2.08. The number of carbonyl (C=O) groups is 4. The third-order valence-corrected chi connectivity index (χ3v) is 5.71. The maximum atomic E-state index is 12.9. The summed E-state index contributed by atoms with van der Waals surface area (Å²) in [5.41, 5.74) is 7.49. The number of rotatable bonds is 15. The van der Waals surface area contributed by atoms with Gasteiger partial charge in [0.25, 0.3) is 0 Å². The molecule has 0 saturated heterocycles. The van der Waals surface area contributed by atoms with Crippen molar-refractivity contribution in [1.82, 2.24) is 16.0 Å². The quantitative estimate of drug-likeness (QED) is 0.283. The lowest BCUT2D eigenvalue weighted by atomic mass is 10.0. The number of nitrogens with two attached hydrogens (primary N) is 1. The lowest BCUT2D eigenvalue weighted by molar-refractivity contribution is -0.131. The highest BCUT2D eigenvalue weighted by Gasteiger charge is 2.23. The van der Waals surface area contributed by atoms with Crippen LogP contribution in [-0.2, 0) is 32.0 Å². The van der Waals surface area contributed by atoms with E-state index >= 15 is 0 Å². The van der Waals surface area contributed by atoms with Crippen LogP contribution in [0.25, 0.3) is 0 Å². The van der Waals surface area contributed by atoms with Crippen molar-refractivity contribution in [1.29, 1.82) is 0 Å². The fourth-order valence-corrected chi connectivity index (χ4v) is 3.84. The molecule has 2 aromatic carbocycles. The van der Waals surface area contributed by atoms with Gasteiger partial charge in [-0.25, -0.2) is 0 Å². The molecule has 8 heteroatoms. The van der Waals surface area contributed by atoms with Crippen LogP contribution in [0.4, 0.5) is 0 Å². The maximum absolute atomic E-state index is 12.9. The minimum Gasteiger partial charge on any atom is -0.368 e. The molecular weight excluding hydrogens is 456 g/mol. The van der Waals surface area contributed by atoms with Crippen LogP contribution >= 0.6 is 0 Å². The molecule has 0 radical (unpaired) electrons. The van der Waals surface area contributed by atoms with Crippen LogP contribution in [0.3, 0.4) is 0 Å². The van der Waals surface area contributed by atoms with Crippen molar-refractivity contribution in [3.05, 3.63) is 71.8 Å². The third kappa shape index (κ3) is 11.2. The summed E-state index contributed by atoms with van der Waals surface area (Å²) in [6.07, 6.45) is 3.46. The van der Waals surface area contributed by atoms with Crippen LogP contribution in [0.15, 0.2) is 60.7 Å². The van der Waals surface area contributed by atoms with E-state index in [-0.39, 0.29) is 18.4 Å². The summed E-state index contributed by atoms with van der Waals surface area (Å²) < 4.78 is 0. The molecule has 5 N–H and O–H groups in total. The molecule has 0 aliphatic rings. The van der Waals surface area contributed by atoms with Gasteiger partial charge in [0.05, 0.1) is 6.54 Å². The lowest BCUT2D eigenvalue weighted by Crippen LogP contribution is -2.52. The molecule has 0 spiro atoms. The first kappa shape index (κ1) is 28.6. The first-order valence-electron chi connectivity index (χ1n) is 12.5. The molecule has 0 aliphatic carbocycles. The minimum absolute atomic E-state index is 0.163. The monoisotopic (exact) mass is 494 g/mol. The zero-order valence-corrected chi connectivity index (χ0v) is 21.2. The van der Waals surface area contributed by atoms with Gasteiger partial charge in [-0.3, -0.25) is 19.2 Å². The Balaban J connectivity index is 1.89. The number of aryl methyl sites for hydroxylation is 1. The number of carbonyl (C=O) groups excluding carboxylic acids is 4. The van der Waals surface area contributed by atoms with Gasteiger partial charge < -0.3 is 21.7 Å². The molecular formula is C28H38N4O4. The Morgan fingerprint density at radius 1 is 0.778 bits per heavy atom. The first-order valence-corrected chi connectivity index (χ1v) is 12.5. The number of hydrogen-bond acceptors (Lipinski definition) is 4. The molecule has 0 fully saturated rings. The van der Waals surface area contributed by atoms with Crippen molar-refractivity contribution in [3.63, 3.8) is 0 Å². The van der Waals surface area contributed by atoms with Gasteiger partial charge in [0, 0.05) is 12.8 Å². The standard InChI is InChI=1S/C28H38N4O4/c1-20(2)17-23(27(29)35)31-26(34)19-30-28(36)24(18-22-14-7-4-8-15-22)32-25(33)16-10-9-13-21-11-5-3-6-12-21/h3-8,11-12,14-15,20,23-24H,9-10,13,16-19H2,1-2H3,(H2,29,35)(H,30,36)(H,31,34)(H,32,33)/t23-,24-/m0/s1. The van der Waals surface area contributed by atoms with Crippen LogP contribution in [0.1, 0.15) is 50.7 Å². The molecule has 0 aliphatic heterocycles. The van der Waals surface area contributed by atoms with E-state index in [1.807, 2.05) is 62.4 Å². The van der Waals surface area contributed by atoms with Gasteiger partial charge in [0.2, 0.25) is 23.6 Å². The van der Waals surface area contributed by atoms with E-state index in [1.54, 1.807) is 0 Å². The smallest absolute Gasteiger partial charge is 0.243 e. The molecule has 2 rings (SSSR count). The average molecular weight is 495 g/mol. The molecule has 0 saturated carbocycles. The number of primary amides is 1. The summed E-state index contributed by atoms with van der Waals surface area (Å²) in [5, 5.41) is 7.96. The Morgan fingerprint density at radius 3 is 1.94 bits per heavy atom. The normalized spacial score (nSPS) is 12.4. The van der Waals surface area contributed by atoms with E-state index in [0.29, 0.717) is 25.7 Å². The largest absolute Gasteiger partial charge is 0.368 e. The zero-order valence-electron chi connectivity index (χ0n) is 21.2. The van der Waals surface area contributed by atoms with Gasteiger partial charge in [-0.2, -0.15) is 0 Å². The van der Waals surface area contributed by atoms with Crippen molar-refractivity contribution in [3.8, 4) is 0 Å². The summed E-state index contributed by atoms with van der Waals surface area (Å²) >= 11 is 0. The molecule has 0 aromatic heterocycles. The molecule has 0 unspecified atom stereocenters. The number of hydrogen-bond donors (Lipinski definition) is 4. The first-order chi connectivity index (χ1) is 17.2.